The summed E-state index contributed by atoms with van der Waals surface area (Å²) in [5.41, 5.74) is 1.92. The van der Waals surface area contributed by atoms with Gasteiger partial charge in [-0.25, -0.2) is 4.79 Å². The average Bonchev–Trinajstić information content (AvgIpc) is 2.91. The molecule has 0 atom stereocenters. The minimum atomic E-state index is -0.271. The molecule has 0 unspecified atom stereocenters. The van der Waals surface area contributed by atoms with E-state index in [1.165, 1.54) is 94.1 Å². The van der Waals surface area contributed by atoms with Crippen LogP contribution >= 0.6 is 23.5 Å². The zero-order valence-corrected chi connectivity index (χ0v) is 25.3. The Balaban J connectivity index is 1.43. The molecule has 1 saturated heterocycles. The first kappa shape index (κ1) is 32.1. The van der Waals surface area contributed by atoms with Crippen LogP contribution in [0.25, 0.3) is 0 Å². The molecular weight excluding hydrogens is 496 g/mol. The van der Waals surface area contributed by atoms with Gasteiger partial charge in [-0.3, -0.25) is 0 Å². The van der Waals surface area contributed by atoms with Crippen LogP contribution in [0, 0.1) is 5.92 Å². The molecule has 5 heteroatoms. The van der Waals surface area contributed by atoms with Crippen LogP contribution in [0.1, 0.15) is 120 Å². The van der Waals surface area contributed by atoms with E-state index in [0.717, 1.165) is 37.5 Å². The van der Waals surface area contributed by atoms with Gasteiger partial charge in [0.25, 0.3) is 0 Å². The van der Waals surface area contributed by atoms with E-state index in [-0.39, 0.29) is 5.97 Å². The predicted molar refractivity (Wildman–Crippen MR) is 164 cm³/mol. The lowest BCUT2D eigenvalue weighted by Gasteiger charge is -2.28. The van der Waals surface area contributed by atoms with Gasteiger partial charge in [-0.2, -0.15) is 0 Å². The second-order valence-corrected chi connectivity index (χ2v) is 13.2. The molecule has 0 aromatic heterocycles. The number of carbonyl (C=O) groups excluding carboxylic acids is 1. The van der Waals surface area contributed by atoms with Crippen molar-refractivity contribution in [2.24, 2.45) is 5.92 Å². The Bertz CT molecular complexity index is 726. The van der Waals surface area contributed by atoms with E-state index < -0.39 is 0 Å². The maximum atomic E-state index is 11.3. The van der Waals surface area contributed by atoms with E-state index in [1.807, 2.05) is 0 Å². The van der Waals surface area contributed by atoms with Crippen molar-refractivity contribution in [3.05, 3.63) is 42.0 Å². The van der Waals surface area contributed by atoms with Crippen molar-refractivity contribution < 1.29 is 14.3 Å². The van der Waals surface area contributed by atoms with Crippen molar-refractivity contribution in [1.82, 2.24) is 0 Å². The fraction of sp³-hybridized carbons (Fsp3) is 0.719. The van der Waals surface area contributed by atoms with E-state index in [1.54, 1.807) is 6.92 Å². The fourth-order valence-electron chi connectivity index (χ4n) is 4.58. The van der Waals surface area contributed by atoms with Gasteiger partial charge >= 0.3 is 5.97 Å². The van der Waals surface area contributed by atoms with Gasteiger partial charge in [0.1, 0.15) is 5.75 Å². The van der Waals surface area contributed by atoms with Gasteiger partial charge in [0.05, 0.1) is 17.8 Å². The summed E-state index contributed by atoms with van der Waals surface area (Å²) in [6.07, 6.45) is 19.3. The lowest BCUT2D eigenvalue weighted by Crippen LogP contribution is -2.14. The predicted octanol–water partition coefficient (Wildman–Crippen LogP) is 10.2. The summed E-state index contributed by atoms with van der Waals surface area (Å²) < 4.78 is 11.7. The van der Waals surface area contributed by atoms with Gasteiger partial charge < -0.3 is 9.47 Å². The Morgan fingerprint density at radius 3 is 1.95 bits per heavy atom. The minimum absolute atomic E-state index is 0.271. The molecule has 0 bridgehead atoms. The Kier molecular flexibility index (Phi) is 18.1. The highest BCUT2D eigenvalue weighted by Gasteiger charge is 2.23. The SMILES string of the molecule is C=C(C)C(=O)OCCCCCCCCCCOc1ccc(C2SCC(CCCCCCCC)CS2)cc1. The molecule has 1 aliphatic heterocycles. The van der Waals surface area contributed by atoms with Gasteiger partial charge in [0.2, 0.25) is 0 Å². The summed E-state index contributed by atoms with van der Waals surface area (Å²) in [7, 11) is 0. The molecule has 210 valence electrons. The molecule has 1 fully saturated rings. The van der Waals surface area contributed by atoms with Gasteiger partial charge in [-0.15, -0.1) is 23.5 Å². The van der Waals surface area contributed by atoms with E-state index in [9.17, 15) is 4.79 Å². The number of esters is 1. The van der Waals surface area contributed by atoms with Gasteiger partial charge in [-0.1, -0.05) is 103 Å². The van der Waals surface area contributed by atoms with Gasteiger partial charge in [-0.05, 0) is 61.3 Å². The Morgan fingerprint density at radius 1 is 0.811 bits per heavy atom. The van der Waals surface area contributed by atoms with Crippen molar-refractivity contribution in [2.75, 3.05) is 24.7 Å². The first-order valence-electron chi connectivity index (χ1n) is 14.9. The van der Waals surface area contributed by atoms with Crippen molar-refractivity contribution >= 4 is 29.5 Å². The molecule has 1 aromatic carbocycles. The zero-order chi connectivity index (χ0) is 26.6. The summed E-state index contributed by atoms with van der Waals surface area (Å²) in [5, 5.41) is 0. The van der Waals surface area contributed by atoms with Crippen LogP contribution in [0.5, 0.6) is 5.75 Å². The van der Waals surface area contributed by atoms with Crippen LogP contribution in [0.3, 0.4) is 0 Å². The lowest BCUT2D eigenvalue weighted by atomic mass is 10.0. The van der Waals surface area contributed by atoms with E-state index in [4.69, 9.17) is 9.47 Å². The highest BCUT2D eigenvalue weighted by molar-refractivity contribution is 8.16. The third-order valence-corrected chi connectivity index (χ3v) is 10.3. The number of carbonyl (C=O) groups is 1. The van der Waals surface area contributed by atoms with Gasteiger partial charge in [0, 0.05) is 5.57 Å². The quantitative estimate of drug-likeness (QED) is 0.0867. The molecule has 0 radical (unpaired) electrons. The van der Waals surface area contributed by atoms with Crippen molar-refractivity contribution in [1.29, 1.82) is 0 Å². The summed E-state index contributed by atoms with van der Waals surface area (Å²) >= 11 is 4.28. The number of hydrogen-bond donors (Lipinski definition) is 0. The molecular formula is C32H52O3S2. The molecule has 1 aliphatic rings. The topological polar surface area (TPSA) is 35.5 Å². The molecule has 0 amide bonds. The minimum Gasteiger partial charge on any atom is -0.494 e. The number of hydrogen-bond acceptors (Lipinski definition) is 5. The van der Waals surface area contributed by atoms with Gasteiger partial charge in [0.15, 0.2) is 0 Å². The molecule has 1 aromatic rings. The second-order valence-electron chi connectivity index (χ2n) is 10.6. The molecule has 0 N–H and O–H groups in total. The summed E-state index contributed by atoms with van der Waals surface area (Å²) in [4.78, 5) is 11.3. The molecule has 0 saturated carbocycles. The summed E-state index contributed by atoms with van der Waals surface area (Å²) in [5.74, 6) is 4.26. The number of thioether (sulfide) groups is 2. The summed E-state index contributed by atoms with van der Waals surface area (Å²) in [6, 6.07) is 8.86. The second kappa shape index (κ2) is 20.8. The maximum absolute atomic E-state index is 11.3. The molecule has 3 nitrogen and oxygen atoms in total. The Morgan fingerprint density at radius 2 is 1.35 bits per heavy atom. The fourth-order valence-corrected chi connectivity index (χ4v) is 7.75. The smallest absolute Gasteiger partial charge is 0.333 e. The number of rotatable bonds is 21. The largest absolute Gasteiger partial charge is 0.494 e. The molecule has 0 aliphatic carbocycles. The number of unbranched alkanes of at least 4 members (excludes halogenated alkanes) is 12. The van der Waals surface area contributed by atoms with Crippen LogP contribution in [-0.2, 0) is 9.53 Å². The monoisotopic (exact) mass is 548 g/mol. The highest BCUT2D eigenvalue weighted by atomic mass is 32.2. The Labute approximate surface area is 236 Å². The van der Waals surface area contributed by atoms with Crippen LogP contribution in [0.4, 0.5) is 0 Å². The van der Waals surface area contributed by atoms with E-state index in [0.29, 0.717) is 16.8 Å². The van der Waals surface area contributed by atoms with Crippen molar-refractivity contribution in [3.63, 3.8) is 0 Å². The third-order valence-electron chi connectivity index (χ3n) is 6.97. The maximum Gasteiger partial charge on any atom is 0.333 e. The summed E-state index contributed by atoms with van der Waals surface area (Å²) in [6.45, 7) is 8.89. The average molecular weight is 549 g/mol. The number of ether oxygens (including phenoxy) is 2. The molecule has 37 heavy (non-hydrogen) atoms. The normalized spacial score (nSPS) is 17.5. The van der Waals surface area contributed by atoms with Crippen molar-refractivity contribution in [2.45, 2.75) is 115 Å². The highest BCUT2D eigenvalue weighted by Crippen LogP contribution is 2.46. The lowest BCUT2D eigenvalue weighted by molar-refractivity contribution is -0.139. The molecule has 1 heterocycles. The molecule has 0 spiro atoms. The third kappa shape index (κ3) is 15.2. The standard InChI is InChI=1S/C32H52O3S2/c1-4-5-6-7-12-15-18-28-25-36-32(37-26-28)29-19-21-30(22-20-29)34-23-16-13-10-8-9-11-14-17-24-35-31(33)27(2)3/h19-22,28,32H,2,4-18,23-26H2,1,3H3. The van der Waals surface area contributed by atoms with Crippen LogP contribution in [0.15, 0.2) is 36.4 Å². The number of benzene rings is 1. The van der Waals surface area contributed by atoms with Crippen LogP contribution in [0.2, 0.25) is 0 Å². The Hall–Kier alpha value is -1.07. The van der Waals surface area contributed by atoms with E-state index in [2.05, 4.69) is 61.3 Å². The van der Waals surface area contributed by atoms with E-state index >= 15 is 0 Å². The van der Waals surface area contributed by atoms with Crippen LogP contribution < -0.4 is 4.74 Å². The van der Waals surface area contributed by atoms with Crippen molar-refractivity contribution in [3.8, 4) is 5.75 Å². The van der Waals surface area contributed by atoms with Crippen LogP contribution in [-0.4, -0.2) is 30.7 Å². The molecule has 2 rings (SSSR count). The first-order chi connectivity index (χ1) is 18.1. The zero-order valence-electron chi connectivity index (χ0n) is 23.6. The first-order valence-corrected chi connectivity index (χ1v) is 17.0.